The third-order valence-electron chi connectivity index (χ3n) is 2.41. The van der Waals surface area contributed by atoms with Crippen LogP contribution in [0.5, 0.6) is 0 Å². The Morgan fingerprint density at radius 2 is 2.17 bits per heavy atom. The van der Waals surface area contributed by atoms with Gasteiger partial charge in [0.05, 0.1) is 12.8 Å². The molecule has 0 unspecified atom stereocenters. The quantitative estimate of drug-likeness (QED) is 0.747. The summed E-state index contributed by atoms with van der Waals surface area (Å²) in [7, 11) is 1.27. The van der Waals surface area contributed by atoms with Crippen molar-refractivity contribution in [2.75, 3.05) is 7.11 Å². The number of carbonyl (C=O) groups is 2. The highest BCUT2D eigenvalue weighted by Gasteiger charge is 2.30. The van der Waals surface area contributed by atoms with E-state index in [-0.39, 0.29) is 12.5 Å². The van der Waals surface area contributed by atoms with Gasteiger partial charge in [-0.3, -0.25) is 9.78 Å². The predicted octanol–water partition coefficient (Wildman–Crippen LogP) is 0.222. The van der Waals surface area contributed by atoms with Crippen molar-refractivity contribution in [2.45, 2.75) is 25.9 Å². The Balaban J connectivity index is 2.85. The van der Waals surface area contributed by atoms with E-state index in [1.54, 1.807) is 26.0 Å². The van der Waals surface area contributed by atoms with Gasteiger partial charge in [-0.2, -0.15) is 0 Å². The standard InChI is InChI=1S/C12H17N3O3/c1-12(2,11(17)18-3)15-10(16)8-4-5-14-9(6-8)7-13/h4-6H,7,13H2,1-3H3,(H,15,16). The number of nitrogens with two attached hydrogens (primary N) is 1. The van der Waals surface area contributed by atoms with Crippen LogP contribution >= 0.6 is 0 Å². The van der Waals surface area contributed by atoms with Gasteiger partial charge in [0.1, 0.15) is 5.54 Å². The summed E-state index contributed by atoms with van der Waals surface area (Å²) in [5.41, 5.74) is 5.38. The summed E-state index contributed by atoms with van der Waals surface area (Å²) in [6, 6.07) is 3.14. The van der Waals surface area contributed by atoms with Crippen LogP contribution in [0, 0.1) is 0 Å². The topological polar surface area (TPSA) is 94.3 Å². The Morgan fingerprint density at radius 1 is 1.50 bits per heavy atom. The van der Waals surface area contributed by atoms with Crippen molar-refractivity contribution < 1.29 is 14.3 Å². The van der Waals surface area contributed by atoms with Crippen LogP contribution in [-0.2, 0) is 16.1 Å². The van der Waals surface area contributed by atoms with Crippen LogP contribution in [0.1, 0.15) is 29.9 Å². The van der Waals surface area contributed by atoms with E-state index in [0.717, 1.165) is 0 Å². The average Bonchev–Trinajstić information content (AvgIpc) is 2.37. The lowest BCUT2D eigenvalue weighted by Gasteiger charge is -2.23. The molecule has 1 heterocycles. The molecule has 0 radical (unpaired) electrons. The Kier molecular flexibility index (Phi) is 4.38. The first-order chi connectivity index (χ1) is 8.40. The van der Waals surface area contributed by atoms with Crippen molar-refractivity contribution in [1.82, 2.24) is 10.3 Å². The molecule has 0 atom stereocenters. The smallest absolute Gasteiger partial charge is 0.330 e. The summed E-state index contributed by atoms with van der Waals surface area (Å²) in [5, 5.41) is 2.59. The number of hydrogen-bond acceptors (Lipinski definition) is 5. The summed E-state index contributed by atoms with van der Waals surface area (Å²) in [4.78, 5) is 27.4. The minimum atomic E-state index is -1.09. The van der Waals surface area contributed by atoms with Crippen LogP contribution in [0.15, 0.2) is 18.3 Å². The molecule has 6 heteroatoms. The minimum Gasteiger partial charge on any atom is -0.467 e. The molecule has 0 bridgehead atoms. The van der Waals surface area contributed by atoms with Gasteiger partial charge in [-0.05, 0) is 26.0 Å². The third-order valence-corrected chi connectivity index (χ3v) is 2.41. The zero-order chi connectivity index (χ0) is 13.8. The molecule has 0 aliphatic heterocycles. The van der Waals surface area contributed by atoms with Crippen LogP contribution < -0.4 is 11.1 Å². The van der Waals surface area contributed by atoms with Gasteiger partial charge in [-0.25, -0.2) is 4.79 Å². The van der Waals surface area contributed by atoms with Crippen molar-refractivity contribution in [3.63, 3.8) is 0 Å². The Bertz CT molecular complexity index is 458. The van der Waals surface area contributed by atoms with Crippen molar-refractivity contribution in [3.05, 3.63) is 29.6 Å². The van der Waals surface area contributed by atoms with E-state index in [9.17, 15) is 9.59 Å². The van der Waals surface area contributed by atoms with Crippen LogP contribution in [0.2, 0.25) is 0 Å². The second kappa shape index (κ2) is 5.59. The monoisotopic (exact) mass is 251 g/mol. The van der Waals surface area contributed by atoms with Crippen molar-refractivity contribution in [3.8, 4) is 0 Å². The SMILES string of the molecule is COC(=O)C(C)(C)NC(=O)c1ccnc(CN)c1. The largest absolute Gasteiger partial charge is 0.467 e. The molecule has 98 valence electrons. The molecule has 1 aromatic rings. The Hall–Kier alpha value is -1.95. The van der Waals surface area contributed by atoms with E-state index in [1.165, 1.54) is 13.3 Å². The normalized spacial score (nSPS) is 10.9. The highest BCUT2D eigenvalue weighted by molar-refractivity contribution is 5.97. The predicted molar refractivity (Wildman–Crippen MR) is 65.7 cm³/mol. The van der Waals surface area contributed by atoms with Gasteiger partial charge >= 0.3 is 5.97 Å². The number of rotatable bonds is 4. The fraction of sp³-hybridized carbons (Fsp3) is 0.417. The molecule has 1 aromatic heterocycles. The van der Waals surface area contributed by atoms with Crippen LogP contribution in [0.3, 0.4) is 0 Å². The van der Waals surface area contributed by atoms with Gasteiger partial charge in [0, 0.05) is 18.3 Å². The van der Waals surface area contributed by atoms with Gasteiger partial charge in [-0.15, -0.1) is 0 Å². The number of carbonyl (C=O) groups excluding carboxylic acids is 2. The number of nitrogens with zero attached hydrogens (tertiary/aromatic N) is 1. The molecule has 6 nitrogen and oxygen atoms in total. The molecule has 0 aliphatic rings. The number of nitrogens with one attached hydrogen (secondary N) is 1. The number of amides is 1. The molecular weight excluding hydrogens is 234 g/mol. The number of pyridine rings is 1. The Labute approximate surface area is 106 Å². The maximum Gasteiger partial charge on any atom is 0.330 e. The fourth-order valence-corrected chi connectivity index (χ4v) is 1.39. The molecule has 0 saturated heterocycles. The zero-order valence-electron chi connectivity index (χ0n) is 10.7. The summed E-state index contributed by atoms with van der Waals surface area (Å²) < 4.78 is 4.61. The molecule has 0 aliphatic carbocycles. The minimum absolute atomic E-state index is 0.252. The molecule has 0 saturated carbocycles. The Morgan fingerprint density at radius 3 is 2.72 bits per heavy atom. The number of methoxy groups -OCH3 is 1. The summed E-state index contributed by atoms with van der Waals surface area (Å²) >= 11 is 0. The van der Waals surface area contributed by atoms with Gasteiger partial charge in [0.15, 0.2) is 0 Å². The fourth-order valence-electron chi connectivity index (χ4n) is 1.39. The molecule has 0 fully saturated rings. The van der Waals surface area contributed by atoms with Crippen molar-refractivity contribution >= 4 is 11.9 Å². The first-order valence-corrected chi connectivity index (χ1v) is 5.46. The van der Waals surface area contributed by atoms with Crippen LogP contribution in [-0.4, -0.2) is 29.5 Å². The van der Waals surface area contributed by atoms with E-state index in [1.807, 2.05) is 0 Å². The second-order valence-corrected chi connectivity index (χ2v) is 4.31. The van der Waals surface area contributed by atoms with E-state index < -0.39 is 11.5 Å². The van der Waals surface area contributed by atoms with E-state index >= 15 is 0 Å². The van der Waals surface area contributed by atoms with Gasteiger partial charge in [0.25, 0.3) is 5.91 Å². The molecule has 18 heavy (non-hydrogen) atoms. The van der Waals surface area contributed by atoms with Gasteiger partial charge < -0.3 is 15.8 Å². The molecular formula is C12H17N3O3. The first kappa shape index (κ1) is 14.1. The van der Waals surface area contributed by atoms with Gasteiger partial charge in [-0.1, -0.05) is 0 Å². The zero-order valence-corrected chi connectivity index (χ0v) is 10.7. The van der Waals surface area contributed by atoms with E-state index in [2.05, 4.69) is 15.0 Å². The lowest BCUT2D eigenvalue weighted by atomic mass is 10.1. The second-order valence-electron chi connectivity index (χ2n) is 4.31. The lowest BCUT2D eigenvalue weighted by Crippen LogP contribution is -2.50. The summed E-state index contributed by atoms with van der Waals surface area (Å²) in [6.07, 6.45) is 1.50. The number of aromatic nitrogens is 1. The van der Waals surface area contributed by atoms with E-state index in [0.29, 0.717) is 11.3 Å². The highest BCUT2D eigenvalue weighted by atomic mass is 16.5. The lowest BCUT2D eigenvalue weighted by molar-refractivity contribution is -0.146. The average molecular weight is 251 g/mol. The summed E-state index contributed by atoms with van der Waals surface area (Å²) in [6.45, 7) is 3.39. The molecule has 0 spiro atoms. The molecule has 3 N–H and O–H groups in total. The molecule has 0 aromatic carbocycles. The number of ether oxygens (including phenoxy) is 1. The maximum absolute atomic E-state index is 12.0. The number of hydrogen-bond donors (Lipinski definition) is 2. The highest BCUT2D eigenvalue weighted by Crippen LogP contribution is 2.08. The molecule has 1 amide bonds. The maximum atomic E-state index is 12.0. The van der Waals surface area contributed by atoms with Crippen LogP contribution in [0.25, 0.3) is 0 Å². The van der Waals surface area contributed by atoms with Crippen molar-refractivity contribution in [2.24, 2.45) is 5.73 Å². The summed E-state index contributed by atoms with van der Waals surface area (Å²) in [5.74, 6) is -0.883. The van der Waals surface area contributed by atoms with Crippen molar-refractivity contribution in [1.29, 1.82) is 0 Å². The van der Waals surface area contributed by atoms with Crippen LogP contribution in [0.4, 0.5) is 0 Å². The third kappa shape index (κ3) is 3.27. The van der Waals surface area contributed by atoms with E-state index in [4.69, 9.17) is 5.73 Å². The first-order valence-electron chi connectivity index (χ1n) is 5.46. The molecule has 1 rings (SSSR count). The number of esters is 1. The van der Waals surface area contributed by atoms with Gasteiger partial charge in [0.2, 0.25) is 0 Å².